The molecule has 1 atom stereocenters. The van der Waals surface area contributed by atoms with Crippen LogP contribution >= 0.6 is 0 Å². The van der Waals surface area contributed by atoms with Crippen molar-refractivity contribution < 1.29 is 31.0 Å². The number of hydrogen-bond acceptors (Lipinski definition) is 3. The lowest BCUT2D eigenvalue weighted by molar-refractivity contribution is -0.137. The van der Waals surface area contributed by atoms with Gasteiger partial charge in [0.1, 0.15) is 22.6 Å². The van der Waals surface area contributed by atoms with E-state index in [4.69, 9.17) is 0 Å². The van der Waals surface area contributed by atoms with Crippen LogP contribution < -0.4 is 4.72 Å². The molecule has 0 aliphatic carbocycles. The summed E-state index contributed by atoms with van der Waals surface area (Å²) in [6.07, 6.45) is -0.512. The maximum Gasteiger partial charge on any atom is 0.416 e. The average molecular weight is 526 g/mol. The molecule has 0 spiro atoms. The highest BCUT2D eigenvalue weighted by atomic mass is 32.2. The van der Waals surface area contributed by atoms with E-state index in [1.807, 2.05) is 0 Å². The molecule has 0 radical (unpaired) electrons. The quantitative estimate of drug-likeness (QED) is 0.179. The molecule has 5 nitrogen and oxygen atoms in total. The predicted octanol–water partition coefficient (Wildman–Crippen LogP) is 6.54. The van der Waals surface area contributed by atoms with E-state index in [9.17, 15) is 26.6 Å². The van der Waals surface area contributed by atoms with Crippen LogP contribution in [0.3, 0.4) is 0 Å². The highest BCUT2D eigenvalue weighted by molar-refractivity contribution is 7.86. The Morgan fingerprint density at radius 2 is 1.81 bits per heavy atom. The molecule has 1 unspecified atom stereocenters. The Labute approximate surface area is 207 Å². The van der Waals surface area contributed by atoms with E-state index >= 15 is 4.39 Å². The predicted molar refractivity (Wildman–Crippen MR) is 130 cm³/mol. The van der Waals surface area contributed by atoms with Gasteiger partial charge in [-0.1, -0.05) is 26.0 Å². The standard InChI is InChI=1S/C25H24F5N3O2S/c1-3-13-36(35)33-20-10-9-19(26)21(22(20)27)23(34)18-14-32-24(17(18)4-2)31-12-11-15-5-7-16(8-6-15)25(28,29)30/h5-10,12,14,32-33H,3-4,11,13H2,1-2H3/b31-12-. The Bertz CT molecular complexity index is 1280. The van der Waals surface area contributed by atoms with E-state index in [0.29, 0.717) is 29.8 Å². The minimum Gasteiger partial charge on any atom is -0.346 e. The molecule has 1 aromatic heterocycles. The van der Waals surface area contributed by atoms with Crippen molar-refractivity contribution in [2.45, 2.75) is 39.3 Å². The molecule has 0 aliphatic rings. The van der Waals surface area contributed by atoms with E-state index < -0.39 is 45.7 Å². The number of nitrogens with zero attached hydrogens (tertiary/aromatic N) is 1. The zero-order chi connectivity index (χ0) is 26.5. The van der Waals surface area contributed by atoms with Crippen LogP contribution in [0.1, 0.15) is 52.9 Å². The SMILES string of the molecule is CCCS(=O)Nc1ccc(F)c(C(=O)c2c[nH]c(/N=C\Cc3ccc(C(F)(F)F)cc3)c2CC)c1F. The minimum atomic E-state index is -4.42. The van der Waals surface area contributed by atoms with Gasteiger partial charge in [0, 0.05) is 35.7 Å². The number of rotatable bonds is 10. The number of aromatic amines is 1. The van der Waals surface area contributed by atoms with Crippen molar-refractivity contribution in [1.82, 2.24) is 4.98 Å². The number of benzene rings is 2. The number of alkyl halides is 3. The van der Waals surface area contributed by atoms with Crippen LogP contribution in [0.5, 0.6) is 0 Å². The van der Waals surface area contributed by atoms with Crippen LogP contribution in [-0.2, 0) is 30.0 Å². The van der Waals surface area contributed by atoms with Gasteiger partial charge in [-0.05, 0) is 42.7 Å². The van der Waals surface area contributed by atoms with Gasteiger partial charge in [0.15, 0.2) is 5.82 Å². The van der Waals surface area contributed by atoms with Crippen molar-refractivity contribution in [1.29, 1.82) is 0 Å². The van der Waals surface area contributed by atoms with Crippen LogP contribution in [0.15, 0.2) is 47.6 Å². The van der Waals surface area contributed by atoms with Crippen LogP contribution in [-0.4, -0.2) is 26.9 Å². The van der Waals surface area contributed by atoms with Crippen LogP contribution in [0.4, 0.5) is 33.5 Å². The first-order valence-electron chi connectivity index (χ1n) is 11.1. The normalized spacial score (nSPS) is 12.8. The van der Waals surface area contributed by atoms with Gasteiger partial charge in [-0.3, -0.25) is 4.79 Å². The Kier molecular flexibility index (Phi) is 8.78. The van der Waals surface area contributed by atoms with E-state index in [1.165, 1.54) is 24.5 Å². The van der Waals surface area contributed by atoms with Crippen LogP contribution in [0.25, 0.3) is 0 Å². The lowest BCUT2D eigenvalue weighted by Gasteiger charge is -2.11. The molecular formula is C25H24F5N3O2S. The summed E-state index contributed by atoms with van der Waals surface area (Å²) in [6, 6.07) is 6.68. The first-order chi connectivity index (χ1) is 17.1. The van der Waals surface area contributed by atoms with Gasteiger partial charge in [-0.15, -0.1) is 0 Å². The molecule has 2 N–H and O–H groups in total. The maximum atomic E-state index is 15.0. The second kappa shape index (κ2) is 11.6. The van der Waals surface area contributed by atoms with Gasteiger partial charge in [0.25, 0.3) is 0 Å². The van der Waals surface area contributed by atoms with Crippen molar-refractivity contribution in [2.24, 2.45) is 4.99 Å². The average Bonchev–Trinajstić information content (AvgIpc) is 3.24. The molecule has 3 aromatic rings. The molecule has 36 heavy (non-hydrogen) atoms. The summed E-state index contributed by atoms with van der Waals surface area (Å²) in [5.74, 6) is -2.54. The van der Waals surface area contributed by atoms with Crippen molar-refractivity contribution in [3.05, 3.63) is 82.0 Å². The van der Waals surface area contributed by atoms with Crippen molar-refractivity contribution in [2.75, 3.05) is 10.5 Å². The largest absolute Gasteiger partial charge is 0.416 e. The van der Waals surface area contributed by atoms with Crippen LogP contribution in [0.2, 0.25) is 0 Å². The van der Waals surface area contributed by atoms with E-state index in [-0.39, 0.29) is 23.4 Å². The number of halogens is 5. The number of aromatic nitrogens is 1. The number of anilines is 1. The summed E-state index contributed by atoms with van der Waals surface area (Å²) in [7, 11) is -1.59. The fraction of sp³-hybridized carbons (Fsp3) is 0.280. The third kappa shape index (κ3) is 6.26. The number of carbonyl (C=O) groups is 1. The summed E-state index contributed by atoms with van der Waals surface area (Å²) >= 11 is 0. The van der Waals surface area contributed by atoms with Crippen molar-refractivity contribution in [3.8, 4) is 0 Å². The van der Waals surface area contributed by atoms with Gasteiger partial charge >= 0.3 is 6.18 Å². The van der Waals surface area contributed by atoms with Crippen LogP contribution in [0, 0.1) is 11.6 Å². The lowest BCUT2D eigenvalue weighted by Crippen LogP contribution is -2.14. The van der Waals surface area contributed by atoms with Gasteiger partial charge in [0.2, 0.25) is 5.78 Å². The molecule has 0 bridgehead atoms. The summed E-state index contributed by atoms with van der Waals surface area (Å²) in [6.45, 7) is 3.55. The van der Waals surface area contributed by atoms with E-state index in [0.717, 1.165) is 24.3 Å². The third-order valence-electron chi connectivity index (χ3n) is 5.32. The van der Waals surface area contributed by atoms with E-state index in [1.54, 1.807) is 13.8 Å². The summed E-state index contributed by atoms with van der Waals surface area (Å²) in [5.41, 5.74) is -0.711. The van der Waals surface area contributed by atoms with Crippen molar-refractivity contribution in [3.63, 3.8) is 0 Å². The Morgan fingerprint density at radius 1 is 1.11 bits per heavy atom. The minimum absolute atomic E-state index is 0.0313. The molecule has 2 aromatic carbocycles. The molecule has 11 heteroatoms. The second-order valence-corrected chi connectivity index (χ2v) is 9.16. The first kappa shape index (κ1) is 27.3. The summed E-state index contributed by atoms with van der Waals surface area (Å²) in [4.78, 5) is 20.2. The highest BCUT2D eigenvalue weighted by Crippen LogP contribution is 2.30. The molecule has 192 valence electrons. The maximum absolute atomic E-state index is 15.0. The lowest BCUT2D eigenvalue weighted by atomic mass is 9.99. The molecule has 0 saturated carbocycles. The zero-order valence-corrected chi connectivity index (χ0v) is 20.3. The number of aliphatic imine (C=N–C) groups is 1. The molecule has 0 saturated heterocycles. The molecular weight excluding hydrogens is 501 g/mol. The molecule has 1 heterocycles. The number of ketones is 1. The van der Waals surface area contributed by atoms with Gasteiger partial charge in [-0.2, -0.15) is 13.2 Å². The fourth-order valence-corrected chi connectivity index (χ4v) is 4.40. The third-order valence-corrected chi connectivity index (χ3v) is 6.55. The fourth-order valence-electron chi connectivity index (χ4n) is 3.52. The zero-order valence-electron chi connectivity index (χ0n) is 19.5. The smallest absolute Gasteiger partial charge is 0.346 e. The number of H-pyrrole nitrogens is 1. The Hall–Kier alpha value is -3.34. The topological polar surface area (TPSA) is 74.3 Å². The summed E-state index contributed by atoms with van der Waals surface area (Å²) < 4.78 is 82.1. The van der Waals surface area contributed by atoms with Gasteiger partial charge < -0.3 is 9.71 Å². The van der Waals surface area contributed by atoms with Gasteiger partial charge in [0.05, 0.1) is 16.8 Å². The van der Waals surface area contributed by atoms with Crippen molar-refractivity contribution >= 4 is 34.5 Å². The van der Waals surface area contributed by atoms with E-state index in [2.05, 4.69) is 14.7 Å². The number of carbonyl (C=O) groups excluding carboxylic acids is 1. The monoisotopic (exact) mass is 525 g/mol. The first-order valence-corrected chi connectivity index (χ1v) is 12.4. The second-order valence-electron chi connectivity index (χ2n) is 7.86. The summed E-state index contributed by atoms with van der Waals surface area (Å²) in [5, 5.41) is 0. The number of hydrogen-bond donors (Lipinski definition) is 2. The Morgan fingerprint density at radius 3 is 2.42 bits per heavy atom. The molecule has 3 rings (SSSR count). The van der Waals surface area contributed by atoms with Gasteiger partial charge in [-0.25, -0.2) is 18.0 Å². The number of nitrogens with one attached hydrogen (secondary N) is 2. The highest BCUT2D eigenvalue weighted by Gasteiger charge is 2.30. The Balaban J connectivity index is 1.83. The molecule has 0 aliphatic heterocycles. The molecule has 0 amide bonds. The molecule has 0 fully saturated rings.